The number of carbonyl (C=O) groups excluding carboxylic acids is 1. The Morgan fingerprint density at radius 1 is 1.10 bits per heavy atom. The number of amides is 1. The molecule has 1 amide bonds. The summed E-state index contributed by atoms with van der Waals surface area (Å²) in [5, 5.41) is 1.92. The molecule has 1 unspecified atom stereocenters. The summed E-state index contributed by atoms with van der Waals surface area (Å²) in [6.45, 7) is -0.0360. The Morgan fingerprint density at radius 2 is 1.81 bits per heavy atom. The van der Waals surface area contributed by atoms with E-state index < -0.39 is 17.0 Å². The number of hydrogen-bond acceptors (Lipinski definition) is 2. The van der Waals surface area contributed by atoms with Gasteiger partial charge in [-0.05, 0) is 35.4 Å². The van der Waals surface area contributed by atoms with Gasteiger partial charge in [0.05, 0.1) is 11.1 Å². The molecule has 6 heteroatoms. The van der Waals surface area contributed by atoms with Crippen LogP contribution in [0.2, 0.25) is 0 Å². The second-order valence-electron chi connectivity index (χ2n) is 4.66. The zero-order valence-electron chi connectivity index (χ0n) is 10.7. The first-order valence-corrected chi connectivity index (χ1v) is 6.63. The topological polar surface area (TPSA) is 38.3 Å². The molecule has 3 rings (SSSR count). The second kappa shape index (κ2) is 5.33. The maximum Gasteiger partial charge on any atom is 0.262 e. The van der Waals surface area contributed by atoms with E-state index >= 15 is 0 Å². The Kier molecular flexibility index (Phi) is 3.51. The summed E-state index contributed by atoms with van der Waals surface area (Å²) in [4.78, 5) is 11.3. The van der Waals surface area contributed by atoms with Crippen molar-refractivity contribution in [3.63, 3.8) is 0 Å². The smallest absolute Gasteiger partial charge is 0.262 e. The lowest BCUT2D eigenvalue weighted by atomic mass is 10.0. The van der Waals surface area contributed by atoms with Crippen LogP contribution in [0.15, 0.2) is 36.4 Å². The first-order valence-electron chi connectivity index (χ1n) is 6.19. The molecule has 21 heavy (non-hydrogen) atoms. The maximum atomic E-state index is 13.3. The van der Waals surface area contributed by atoms with Crippen molar-refractivity contribution in [3.05, 3.63) is 59.2 Å². The van der Waals surface area contributed by atoms with Crippen LogP contribution in [0.3, 0.4) is 0 Å². The van der Waals surface area contributed by atoms with E-state index in [1.807, 2.05) is 0 Å². The van der Waals surface area contributed by atoms with Crippen LogP contribution in [0, 0.1) is 11.6 Å². The Labute approximate surface area is 124 Å². The summed E-state index contributed by atoms with van der Waals surface area (Å²) >= 11 is 6.27. The minimum absolute atomic E-state index is 0.0360. The number of anilines is 1. The van der Waals surface area contributed by atoms with Gasteiger partial charge in [0.1, 0.15) is 17.4 Å². The van der Waals surface area contributed by atoms with E-state index in [9.17, 15) is 13.6 Å². The molecule has 0 aromatic heterocycles. The van der Waals surface area contributed by atoms with Gasteiger partial charge in [0.25, 0.3) is 5.91 Å². The van der Waals surface area contributed by atoms with Crippen molar-refractivity contribution in [3.8, 4) is 5.75 Å². The van der Waals surface area contributed by atoms with E-state index in [2.05, 4.69) is 5.32 Å². The van der Waals surface area contributed by atoms with Crippen LogP contribution < -0.4 is 10.1 Å². The SMILES string of the molecule is O=C1COc2ccc(C(Cl)c3cc(F)cc(F)c3)cc2N1. The summed E-state index contributed by atoms with van der Waals surface area (Å²) in [6.07, 6.45) is 0. The van der Waals surface area contributed by atoms with Gasteiger partial charge in [0.15, 0.2) is 6.61 Å². The minimum Gasteiger partial charge on any atom is -0.482 e. The number of benzene rings is 2. The maximum absolute atomic E-state index is 13.3. The largest absolute Gasteiger partial charge is 0.482 e. The first kappa shape index (κ1) is 13.8. The molecule has 0 saturated carbocycles. The molecule has 1 aliphatic rings. The van der Waals surface area contributed by atoms with Crippen molar-refractivity contribution < 1.29 is 18.3 Å². The molecule has 1 N–H and O–H groups in total. The summed E-state index contributed by atoms with van der Waals surface area (Å²) in [5.74, 6) is -1.11. The van der Waals surface area contributed by atoms with Gasteiger partial charge in [-0.25, -0.2) is 8.78 Å². The summed E-state index contributed by atoms with van der Waals surface area (Å²) < 4.78 is 31.7. The van der Waals surface area contributed by atoms with Crippen molar-refractivity contribution in [2.45, 2.75) is 5.38 Å². The molecule has 3 nitrogen and oxygen atoms in total. The fourth-order valence-corrected chi connectivity index (χ4v) is 2.43. The first-order chi connectivity index (χ1) is 10.0. The summed E-state index contributed by atoms with van der Waals surface area (Å²) in [6, 6.07) is 8.12. The number of carbonyl (C=O) groups is 1. The monoisotopic (exact) mass is 309 g/mol. The molecule has 0 spiro atoms. The third-order valence-electron chi connectivity index (χ3n) is 3.11. The Morgan fingerprint density at radius 3 is 2.52 bits per heavy atom. The van der Waals surface area contributed by atoms with E-state index in [1.165, 1.54) is 12.1 Å². The second-order valence-corrected chi connectivity index (χ2v) is 5.09. The fraction of sp³-hybridized carbons (Fsp3) is 0.133. The Bertz CT molecular complexity index is 701. The summed E-state index contributed by atoms with van der Waals surface area (Å²) in [7, 11) is 0. The lowest BCUT2D eigenvalue weighted by Crippen LogP contribution is -2.25. The van der Waals surface area contributed by atoms with Crippen LogP contribution in [0.4, 0.5) is 14.5 Å². The number of rotatable bonds is 2. The zero-order valence-corrected chi connectivity index (χ0v) is 11.5. The van der Waals surface area contributed by atoms with Crippen molar-refractivity contribution in [1.82, 2.24) is 0 Å². The van der Waals surface area contributed by atoms with Gasteiger partial charge >= 0.3 is 0 Å². The molecule has 1 aliphatic heterocycles. The molecule has 0 radical (unpaired) electrons. The molecule has 2 aromatic rings. The third-order valence-corrected chi connectivity index (χ3v) is 3.61. The van der Waals surface area contributed by atoms with Gasteiger partial charge in [-0.3, -0.25) is 4.79 Å². The van der Waals surface area contributed by atoms with Gasteiger partial charge in [-0.15, -0.1) is 11.6 Å². The van der Waals surface area contributed by atoms with Crippen molar-refractivity contribution in [1.29, 1.82) is 0 Å². The number of halogens is 3. The predicted molar refractivity (Wildman–Crippen MR) is 74.6 cm³/mol. The van der Waals surface area contributed by atoms with Gasteiger partial charge < -0.3 is 10.1 Å². The van der Waals surface area contributed by atoms with E-state index in [1.54, 1.807) is 18.2 Å². The van der Waals surface area contributed by atoms with Gasteiger partial charge in [0.2, 0.25) is 0 Å². The molecule has 0 aliphatic carbocycles. The van der Waals surface area contributed by atoms with Gasteiger partial charge in [0, 0.05) is 6.07 Å². The Balaban J connectivity index is 1.96. The molecular formula is C15H10ClF2NO2. The van der Waals surface area contributed by atoms with E-state index in [0.29, 0.717) is 22.6 Å². The predicted octanol–water partition coefficient (Wildman–Crippen LogP) is 3.62. The lowest BCUT2D eigenvalue weighted by molar-refractivity contribution is -0.118. The normalized spacial score (nSPS) is 14.9. The zero-order chi connectivity index (χ0) is 15.0. The van der Waals surface area contributed by atoms with Crippen LogP contribution in [0.25, 0.3) is 0 Å². The molecular weight excluding hydrogens is 300 g/mol. The van der Waals surface area contributed by atoms with Crippen LogP contribution in [0.5, 0.6) is 5.75 Å². The van der Waals surface area contributed by atoms with Crippen LogP contribution >= 0.6 is 11.6 Å². The van der Waals surface area contributed by atoms with E-state index in [-0.39, 0.29) is 12.5 Å². The highest BCUT2D eigenvalue weighted by molar-refractivity contribution is 6.22. The van der Waals surface area contributed by atoms with Crippen LogP contribution in [-0.2, 0) is 4.79 Å². The van der Waals surface area contributed by atoms with Crippen molar-refractivity contribution in [2.75, 3.05) is 11.9 Å². The molecule has 1 heterocycles. The number of alkyl halides is 1. The minimum atomic E-state index is -0.737. The third kappa shape index (κ3) is 2.83. The number of nitrogens with one attached hydrogen (secondary N) is 1. The molecule has 2 aromatic carbocycles. The highest BCUT2D eigenvalue weighted by Gasteiger charge is 2.19. The molecule has 108 valence electrons. The molecule has 0 fully saturated rings. The number of fused-ring (bicyclic) bond motifs is 1. The average molecular weight is 310 g/mol. The van der Waals surface area contributed by atoms with E-state index in [0.717, 1.165) is 6.07 Å². The van der Waals surface area contributed by atoms with Crippen molar-refractivity contribution >= 4 is 23.2 Å². The van der Waals surface area contributed by atoms with Crippen LogP contribution in [-0.4, -0.2) is 12.5 Å². The van der Waals surface area contributed by atoms with Gasteiger partial charge in [-0.1, -0.05) is 6.07 Å². The molecule has 0 saturated heterocycles. The molecule has 0 bridgehead atoms. The average Bonchev–Trinajstić information content (AvgIpc) is 2.44. The standard InChI is InChI=1S/C15H10ClF2NO2/c16-15(9-3-10(17)6-11(18)4-9)8-1-2-13-12(5-8)19-14(20)7-21-13/h1-6,15H,7H2,(H,19,20). The van der Waals surface area contributed by atoms with E-state index in [4.69, 9.17) is 16.3 Å². The number of hydrogen-bond donors (Lipinski definition) is 1. The molecule has 1 atom stereocenters. The quantitative estimate of drug-likeness (QED) is 0.860. The summed E-state index contributed by atoms with van der Waals surface area (Å²) in [5.41, 5.74) is 1.40. The highest BCUT2D eigenvalue weighted by atomic mass is 35.5. The van der Waals surface area contributed by atoms with Gasteiger partial charge in [-0.2, -0.15) is 0 Å². The number of ether oxygens (including phenoxy) is 1. The Hall–Kier alpha value is -2.14. The highest BCUT2D eigenvalue weighted by Crippen LogP contribution is 2.35. The fourth-order valence-electron chi connectivity index (χ4n) is 2.17. The van der Waals surface area contributed by atoms with Crippen molar-refractivity contribution in [2.24, 2.45) is 0 Å². The van der Waals surface area contributed by atoms with Crippen LogP contribution in [0.1, 0.15) is 16.5 Å². The lowest BCUT2D eigenvalue weighted by Gasteiger charge is -2.20.